The Morgan fingerprint density at radius 3 is 2.41 bits per heavy atom. The zero-order valence-corrected chi connectivity index (χ0v) is 18.3. The van der Waals surface area contributed by atoms with E-state index in [1.165, 1.54) is 41.6 Å². The van der Waals surface area contributed by atoms with Crippen LogP contribution < -0.4 is 0 Å². The molecule has 1 saturated heterocycles. The Morgan fingerprint density at radius 2 is 1.69 bits per heavy atom. The molecule has 1 aliphatic heterocycles. The topological polar surface area (TPSA) is 81.5 Å². The molecule has 3 aromatic rings. The van der Waals surface area contributed by atoms with E-state index in [4.69, 9.17) is 4.74 Å². The molecule has 1 fully saturated rings. The van der Waals surface area contributed by atoms with Crippen molar-refractivity contribution in [2.75, 3.05) is 13.1 Å². The number of ether oxygens (including phenoxy) is 1. The number of rotatable bonds is 6. The number of carbonyl (C=O) groups is 1. The second-order valence-electron chi connectivity index (χ2n) is 7.61. The second kappa shape index (κ2) is 8.95. The van der Waals surface area contributed by atoms with Crippen LogP contribution in [0.3, 0.4) is 0 Å². The van der Waals surface area contributed by atoms with Crippen LogP contribution in [0.4, 0.5) is 8.78 Å². The fourth-order valence-electron chi connectivity index (χ4n) is 3.94. The molecule has 7 nitrogen and oxygen atoms in total. The summed E-state index contributed by atoms with van der Waals surface area (Å²) in [5.74, 6) is -1.03. The summed E-state index contributed by atoms with van der Waals surface area (Å²) in [5.41, 5.74) is 0.428. The molecule has 0 saturated carbocycles. The van der Waals surface area contributed by atoms with Crippen LogP contribution in [0.15, 0.2) is 53.4 Å². The lowest BCUT2D eigenvalue weighted by atomic mass is 10.2. The van der Waals surface area contributed by atoms with E-state index in [0.29, 0.717) is 23.2 Å². The minimum absolute atomic E-state index is 0.120. The van der Waals surface area contributed by atoms with Crippen LogP contribution in [0.2, 0.25) is 0 Å². The molecule has 0 N–H and O–H groups in total. The van der Waals surface area contributed by atoms with Gasteiger partial charge in [0.15, 0.2) is 11.9 Å². The molecule has 0 amide bonds. The first-order valence-corrected chi connectivity index (χ1v) is 11.8. The average Bonchev–Trinajstić information content (AvgIpc) is 3.20. The molecule has 1 unspecified atom stereocenters. The quantitative estimate of drug-likeness (QED) is 0.502. The van der Waals surface area contributed by atoms with Crippen LogP contribution in [0.1, 0.15) is 55.0 Å². The van der Waals surface area contributed by atoms with Crippen LogP contribution in [0.25, 0.3) is 11.0 Å². The Balaban J connectivity index is 1.65. The number of alkyl halides is 2. The van der Waals surface area contributed by atoms with Crippen molar-refractivity contribution >= 4 is 27.0 Å². The zero-order chi connectivity index (χ0) is 22.9. The van der Waals surface area contributed by atoms with Gasteiger partial charge in [0.2, 0.25) is 10.0 Å². The third-order valence-electron chi connectivity index (χ3n) is 5.51. The first-order valence-electron chi connectivity index (χ1n) is 10.4. The SMILES string of the molecule is CC(OC(=O)c1ccccc1S(=O)(=O)N1CCCCC1)c1nc2ccccc2n1C(F)F. The van der Waals surface area contributed by atoms with Gasteiger partial charge < -0.3 is 4.74 Å². The number of hydrogen-bond acceptors (Lipinski definition) is 5. The van der Waals surface area contributed by atoms with Crippen molar-refractivity contribution in [1.82, 2.24) is 13.9 Å². The second-order valence-corrected chi connectivity index (χ2v) is 9.52. The summed E-state index contributed by atoms with van der Waals surface area (Å²) in [7, 11) is -3.89. The maximum Gasteiger partial charge on any atom is 0.340 e. The molecule has 0 aliphatic carbocycles. The molecule has 4 rings (SSSR count). The number of piperidine rings is 1. The summed E-state index contributed by atoms with van der Waals surface area (Å²) >= 11 is 0. The Morgan fingerprint density at radius 1 is 1.03 bits per heavy atom. The van der Waals surface area contributed by atoms with Gasteiger partial charge in [-0.15, -0.1) is 0 Å². The molecule has 1 atom stereocenters. The Kier molecular flexibility index (Phi) is 6.25. The van der Waals surface area contributed by atoms with E-state index in [0.717, 1.165) is 19.3 Å². The molecular weight excluding hydrogens is 440 g/mol. The van der Waals surface area contributed by atoms with Crippen molar-refractivity contribution in [3.8, 4) is 0 Å². The molecule has 0 bridgehead atoms. The summed E-state index contributed by atoms with van der Waals surface area (Å²) in [6, 6.07) is 12.2. The number of aromatic nitrogens is 2. The van der Waals surface area contributed by atoms with Gasteiger partial charge in [-0.05, 0) is 44.0 Å². The Bertz CT molecular complexity index is 1240. The highest BCUT2D eigenvalue weighted by Gasteiger charge is 2.31. The third-order valence-corrected chi connectivity index (χ3v) is 7.46. The summed E-state index contributed by atoms with van der Waals surface area (Å²) in [4.78, 5) is 17.0. The van der Waals surface area contributed by atoms with Gasteiger partial charge in [0.25, 0.3) is 0 Å². The highest BCUT2D eigenvalue weighted by molar-refractivity contribution is 7.89. The fraction of sp³-hybridized carbons (Fsp3) is 0.364. The van der Waals surface area contributed by atoms with Crippen molar-refractivity contribution in [1.29, 1.82) is 0 Å². The minimum Gasteiger partial charge on any atom is -0.451 e. The molecule has 0 spiro atoms. The van der Waals surface area contributed by atoms with E-state index in [9.17, 15) is 22.0 Å². The van der Waals surface area contributed by atoms with Gasteiger partial charge in [0.1, 0.15) is 0 Å². The van der Waals surface area contributed by atoms with Gasteiger partial charge in [-0.3, -0.25) is 4.57 Å². The monoisotopic (exact) mass is 463 g/mol. The Labute approximate surface area is 184 Å². The van der Waals surface area contributed by atoms with Gasteiger partial charge in [-0.2, -0.15) is 13.1 Å². The standard InChI is InChI=1S/C22H23F2N3O4S/c1-15(20-25-17-10-4-5-11-18(17)27(20)22(23)24)31-21(28)16-9-3-6-12-19(16)32(29,30)26-13-7-2-8-14-26/h3-6,9-12,15,22H,2,7-8,13-14H2,1H3. The number of imidazole rings is 1. The van der Waals surface area contributed by atoms with E-state index in [-0.39, 0.29) is 21.8 Å². The predicted octanol–water partition coefficient (Wildman–Crippen LogP) is 4.52. The van der Waals surface area contributed by atoms with Crippen molar-refractivity contribution < 1.29 is 26.7 Å². The molecule has 2 aromatic carbocycles. The number of esters is 1. The van der Waals surface area contributed by atoms with Gasteiger partial charge in [-0.25, -0.2) is 18.2 Å². The molecule has 1 aromatic heterocycles. The number of para-hydroxylation sites is 2. The zero-order valence-electron chi connectivity index (χ0n) is 17.4. The number of halogens is 2. The smallest absolute Gasteiger partial charge is 0.340 e. The van der Waals surface area contributed by atoms with E-state index >= 15 is 0 Å². The maximum atomic E-state index is 13.7. The summed E-state index contributed by atoms with van der Waals surface area (Å²) in [5, 5.41) is 0. The number of carbonyl (C=O) groups excluding carboxylic acids is 1. The van der Waals surface area contributed by atoms with Crippen LogP contribution in [-0.4, -0.2) is 41.3 Å². The highest BCUT2D eigenvalue weighted by atomic mass is 32.2. The van der Waals surface area contributed by atoms with E-state index < -0.39 is 28.6 Å². The minimum atomic E-state index is -3.89. The number of sulfonamides is 1. The van der Waals surface area contributed by atoms with Gasteiger partial charge in [0.05, 0.1) is 21.5 Å². The van der Waals surface area contributed by atoms with Gasteiger partial charge in [0, 0.05) is 13.1 Å². The average molecular weight is 464 g/mol. The molecule has 1 aliphatic rings. The fourth-order valence-corrected chi connectivity index (χ4v) is 5.63. The lowest BCUT2D eigenvalue weighted by Gasteiger charge is -2.26. The molecule has 10 heteroatoms. The van der Waals surface area contributed by atoms with Crippen LogP contribution in [-0.2, 0) is 14.8 Å². The van der Waals surface area contributed by atoms with E-state index in [2.05, 4.69) is 4.98 Å². The first kappa shape index (κ1) is 22.3. The lowest BCUT2D eigenvalue weighted by Crippen LogP contribution is -2.36. The Hall–Kier alpha value is -2.85. The lowest BCUT2D eigenvalue weighted by molar-refractivity contribution is 0.0229. The molecule has 0 radical (unpaired) electrons. The molecular formula is C22H23F2N3O4S. The maximum absolute atomic E-state index is 13.7. The molecule has 32 heavy (non-hydrogen) atoms. The first-order chi connectivity index (χ1) is 15.3. The van der Waals surface area contributed by atoms with E-state index in [1.54, 1.807) is 18.2 Å². The van der Waals surface area contributed by atoms with Crippen LogP contribution in [0.5, 0.6) is 0 Å². The summed E-state index contributed by atoms with van der Waals surface area (Å²) in [6.45, 7) is -0.675. The van der Waals surface area contributed by atoms with Gasteiger partial charge >= 0.3 is 12.5 Å². The largest absolute Gasteiger partial charge is 0.451 e. The number of benzene rings is 2. The number of hydrogen-bond donors (Lipinski definition) is 0. The van der Waals surface area contributed by atoms with Crippen LogP contribution in [0, 0.1) is 0 Å². The normalized spacial score (nSPS) is 16.4. The third kappa shape index (κ3) is 4.12. The van der Waals surface area contributed by atoms with Crippen molar-refractivity contribution in [2.24, 2.45) is 0 Å². The predicted molar refractivity (Wildman–Crippen MR) is 114 cm³/mol. The van der Waals surface area contributed by atoms with Crippen LogP contribution >= 0.6 is 0 Å². The molecule has 2 heterocycles. The van der Waals surface area contributed by atoms with E-state index in [1.807, 2.05) is 0 Å². The summed E-state index contributed by atoms with van der Waals surface area (Å²) < 4.78 is 61.2. The summed E-state index contributed by atoms with van der Waals surface area (Å²) in [6.07, 6.45) is 1.34. The van der Waals surface area contributed by atoms with Gasteiger partial charge in [-0.1, -0.05) is 30.7 Å². The van der Waals surface area contributed by atoms with Crippen molar-refractivity contribution in [3.05, 3.63) is 59.9 Å². The number of nitrogens with zero attached hydrogens (tertiary/aromatic N) is 3. The van der Waals surface area contributed by atoms with Crippen molar-refractivity contribution in [2.45, 2.75) is 43.7 Å². The van der Waals surface area contributed by atoms with Crippen molar-refractivity contribution in [3.63, 3.8) is 0 Å². The molecule has 170 valence electrons. The highest BCUT2D eigenvalue weighted by Crippen LogP contribution is 2.30. The number of fused-ring (bicyclic) bond motifs is 1.